The molecule has 1 aromatic heterocycles. The first-order valence-electron chi connectivity index (χ1n) is 6.99. The Balaban J connectivity index is 1.99. The molecule has 2 rings (SSSR count). The quantitative estimate of drug-likeness (QED) is 0.827. The summed E-state index contributed by atoms with van der Waals surface area (Å²) < 4.78 is 1.24. The molecule has 0 aliphatic heterocycles. The van der Waals surface area contributed by atoms with Crippen LogP contribution >= 0.6 is 27.3 Å². The number of hydrogen-bond acceptors (Lipinski definition) is 2. The maximum absolute atomic E-state index is 6.67. The van der Waals surface area contributed by atoms with Gasteiger partial charge in [0.1, 0.15) is 0 Å². The van der Waals surface area contributed by atoms with Crippen LogP contribution in [0.5, 0.6) is 0 Å². The minimum absolute atomic E-state index is 0.0329. The van der Waals surface area contributed by atoms with Crippen LogP contribution in [0.25, 0.3) is 0 Å². The van der Waals surface area contributed by atoms with Crippen molar-refractivity contribution in [2.75, 3.05) is 0 Å². The van der Waals surface area contributed by atoms with Crippen LogP contribution in [-0.4, -0.2) is 5.54 Å². The van der Waals surface area contributed by atoms with E-state index in [1.54, 1.807) is 0 Å². The van der Waals surface area contributed by atoms with Crippen molar-refractivity contribution in [2.24, 2.45) is 17.6 Å². The maximum atomic E-state index is 6.67. The number of hydrogen-bond donors (Lipinski definition) is 1. The summed E-state index contributed by atoms with van der Waals surface area (Å²) in [5.41, 5.74) is 6.70. The molecule has 1 aliphatic carbocycles. The molecule has 0 aromatic carbocycles. The first-order chi connectivity index (χ1) is 8.48. The van der Waals surface area contributed by atoms with Crippen molar-refractivity contribution in [2.45, 2.75) is 57.9 Å². The molecule has 2 unspecified atom stereocenters. The van der Waals surface area contributed by atoms with Gasteiger partial charge in [-0.05, 0) is 58.5 Å². The highest BCUT2D eigenvalue weighted by Crippen LogP contribution is 2.38. The third kappa shape index (κ3) is 3.82. The van der Waals surface area contributed by atoms with Crippen LogP contribution in [0, 0.1) is 11.8 Å². The summed E-state index contributed by atoms with van der Waals surface area (Å²) in [5, 5.41) is 2.15. The molecule has 1 fully saturated rings. The van der Waals surface area contributed by atoms with Crippen molar-refractivity contribution in [1.82, 2.24) is 0 Å². The second kappa shape index (κ2) is 6.06. The molecule has 0 saturated heterocycles. The predicted molar refractivity (Wildman–Crippen MR) is 84.1 cm³/mol. The second-order valence-electron chi connectivity index (χ2n) is 6.32. The molecule has 18 heavy (non-hydrogen) atoms. The Morgan fingerprint density at radius 2 is 2.33 bits per heavy atom. The van der Waals surface area contributed by atoms with E-state index in [9.17, 15) is 0 Å². The summed E-state index contributed by atoms with van der Waals surface area (Å²) in [5.74, 6) is 1.63. The summed E-state index contributed by atoms with van der Waals surface area (Å²) in [7, 11) is 0. The fraction of sp³-hybridized carbons (Fsp3) is 0.733. The molecule has 1 saturated carbocycles. The van der Waals surface area contributed by atoms with E-state index in [1.165, 1.54) is 41.5 Å². The molecular weight excluding hydrogens is 306 g/mol. The van der Waals surface area contributed by atoms with Crippen LogP contribution in [-0.2, 0) is 6.42 Å². The smallest absolute Gasteiger partial charge is 0.0315 e. The number of thiophene rings is 1. The summed E-state index contributed by atoms with van der Waals surface area (Å²) >= 11 is 5.46. The van der Waals surface area contributed by atoms with Gasteiger partial charge in [-0.15, -0.1) is 11.3 Å². The number of nitrogens with two attached hydrogens (primary N) is 1. The Kier molecular flexibility index (Phi) is 4.90. The van der Waals surface area contributed by atoms with E-state index in [1.807, 2.05) is 11.3 Å². The van der Waals surface area contributed by atoms with Crippen LogP contribution in [0.4, 0.5) is 0 Å². The minimum Gasteiger partial charge on any atom is -0.325 e. The normalized spacial score (nSPS) is 28.8. The van der Waals surface area contributed by atoms with E-state index in [0.29, 0.717) is 0 Å². The Hall–Kier alpha value is 0.140. The Bertz CT molecular complexity index is 388. The van der Waals surface area contributed by atoms with Gasteiger partial charge in [0.25, 0.3) is 0 Å². The standard InChI is InChI=1S/C15H24BrNS/c1-11(2)8-12-4-3-6-15(17,9-12)10-14-13(16)5-7-18-14/h5,7,11-12H,3-4,6,8-10,17H2,1-2H3. The Morgan fingerprint density at radius 1 is 1.56 bits per heavy atom. The average molecular weight is 330 g/mol. The molecule has 1 aromatic rings. The topological polar surface area (TPSA) is 26.0 Å². The predicted octanol–water partition coefficient (Wildman–Crippen LogP) is 4.99. The third-order valence-electron chi connectivity index (χ3n) is 3.99. The highest BCUT2D eigenvalue weighted by Gasteiger charge is 2.33. The molecule has 1 nitrogen and oxygen atoms in total. The van der Waals surface area contributed by atoms with Crippen molar-refractivity contribution in [3.05, 3.63) is 20.8 Å². The summed E-state index contributed by atoms with van der Waals surface area (Å²) in [6.45, 7) is 4.64. The molecule has 1 heterocycles. The fourth-order valence-corrected chi connectivity index (χ4v) is 4.97. The Labute approximate surface area is 123 Å². The number of rotatable bonds is 4. The molecule has 0 radical (unpaired) electrons. The van der Waals surface area contributed by atoms with Gasteiger partial charge in [-0.2, -0.15) is 0 Å². The van der Waals surface area contributed by atoms with Crippen molar-refractivity contribution >= 4 is 27.3 Å². The van der Waals surface area contributed by atoms with Gasteiger partial charge < -0.3 is 5.73 Å². The van der Waals surface area contributed by atoms with Gasteiger partial charge in [0.15, 0.2) is 0 Å². The summed E-state index contributed by atoms with van der Waals surface area (Å²) in [6.07, 6.45) is 7.45. The van der Waals surface area contributed by atoms with E-state index in [2.05, 4.69) is 41.2 Å². The molecule has 2 atom stereocenters. The van der Waals surface area contributed by atoms with E-state index >= 15 is 0 Å². The largest absolute Gasteiger partial charge is 0.325 e. The molecular formula is C15H24BrNS. The number of halogens is 1. The Morgan fingerprint density at radius 3 is 2.94 bits per heavy atom. The zero-order chi connectivity index (χ0) is 13.2. The van der Waals surface area contributed by atoms with Crippen molar-refractivity contribution < 1.29 is 0 Å². The molecule has 0 amide bonds. The van der Waals surface area contributed by atoms with Crippen molar-refractivity contribution in [3.63, 3.8) is 0 Å². The monoisotopic (exact) mass is 329 g/mol. The van der Waals surface area contributed by atoms with Gasteiger partial charge in [-0.25, -0.2) is 0 Å². The zero-order valence-corrected chi connectivity index (χ0v) is 13.8. The molecule has 3 heteroatoms. The van der Waals surface area contributed by atoms with Crippen molar-refractivity contribution in [1.29, 1.82) is 0 Å². The van der Waals surface area contributed by atoms with Crippen LogP contribution in [0.1, 0.15) is 50.8 Å². The highest BCUT2D eigenvalue weighted by molar-refractivity contribution is 9.10. The molecule has 0 spiro atoms. The van der Waals surface area contributed by atoms with E-state index in [4.69, 9.17) is 5.73 Å². The molecule has 102 valence electrons. The summed E-state index contributed by atoms with van der Waals surface area (Å²) in [6, 6.07) is 2.14. The molecule has 2 N–H and O–H groups in total. The van der Waals surface area contributed by atoms with Gasteiger partial charge in [0.05, 0.1) is 0 Å². The van der Waals surface area contributed by atoms with E-state index < -0.39 is 0 Å². The van der Waals surface area contributed by atoms with Gasteiger partial charge >= 0.3 is 0 Å². The summed E-state index contributed by atoms with van der Waals surface area (Å²) in [4.78, 5) is 1.42. The lowest BCUT2D eigenvalue weighted by molar-refractivity contribution is 0.201. The lowest BCUT2D eigenvalue weighted by Crippen LogP contribution is -2.46. The van der Waals surface area contributed by atoms with Crippen LogP contribution in [0.2, 0.25) is 0 Å². The first-order valence-corrected chi connectivity index (χ1v) is 8.66. The van der Waals surface area contributed by atoms with Crippen LogP contribution < -0.4 is 5.73 Å². The highest BCUT2D eigenvalue weighted by atomic mass is 79.9. The van der Waals surface area contributed by atoms with Gasteiger partial charge in [0, 0.05) is 21.3 Å². The lowest BCUT2D eigenvalue weighted by Gasteiger charge is -2.38. The van der Waals surface area contributed by atoms with Gasteiger partial charge in [0.2, 0.25) is 0 Å². The van der Waals surface area contributed by atoms with E-state index in [0.717, 1.165) is 18.3 Å². The van der Waals surface area contributed by atoms with E-state index in [-0.39, 0.29) is 5.54 Å². The first kappa shape index (κ1) is 14.5. The minimum atomic E-state index is 0.0329. The SMILES string of the molecule is CC(C)CC1CCCC(N)(Cc2sccc2Br)C1. The third-order valence-corrected chi connectivity index (χ3v) is 5.92. The van der Waals surface area contributed by atoms with Crippen LogP contribution in [0.3, 0.4) is 0 Å². The maximum Gasteiger partial charge on any atom is 0.0315 e. The second-order valence-corrected chi connectivity index (χ2v) is 8.18. The van der Waals surface area contributed by atoms with Crippen LogP contribution in [0.15, 0.2) is 15.9 Å². The molecule has 0 bridgehead atoms. The lowest BCUT2D eigenvalue weighted by atomic mass is 9.72. The fourth-order valence-electron chi connectivity index (χ4n) is 3.32. The van der Waals surface area contributed by atoms with Crippen molar-refractivity contribution in [3.8, 4) is 0 Å². The van der Waals surface area contributed by atoms with Gasteiger partial charge in [-0.3, -0.25) is 0 Å². The molecule has 1 aliphatic rings. The van der Waals surface area contributed by atoms with Gasteiger partial charge in [-0.1, -0.05) is 26.7 Å². The zero-order valence-electron chi connectivity index (χ0n) is 11.4. The average Bonchev–Trinajstić information content (AvgIpc) is 2.62.